The number of nitriles is 1. The molecule has 2 aromatic heterocycles. The molecule has 106 valence electrons. The lowest BCUT2D eigenvalue weighted by Gasteiger charge is -2.38. The monoisotopic (exact) mass is 301 g/mol. The van der Waals surface area contributed by atoms with Crippen LogP contribution in [-0.4, -0.2) is 44.6 Å². The first-order valence-electron chi connectivity index (χ1n) is 6.29. The molecule has 0 spiro atoms. The van der Waals surface area contributed by atoms with Crippen LogP contribution in [0.15, 0.2) is 18.3 Å². The van der Waals surface area contributed by atoms with Gasteiger partial charge in [-0.15, -0.1) is 5.10 Å². The predicted molar refractivity (Wildman–Crippen MR) is 73.9 cm³/mol. The standard InChI is InChI=1S/C13H11N5O2S/c1-8-11(21-17-16-8)13(19)18-6-10(7-18)20-12-9(5-14)3-2-4-15-12/h2-4,10H,6-7H2,1H3. The highest BCUT2D eigenvalue weighted by Gasteiger charge is 2.35. The summed E-state index contributed by atoms with van der Waals surface area (Å²) in [7, 11) is 0. The van der Waals surface area contributed by atoms with E-state index in [1.807, 2.05) is 6.07 Å². The van der Waals surface area contributed by atoms with Crippen LogP contribution in [0.1, 0.15) is 20.9 Å². The summed E-state index contributed by atoms with van der Waals surface area (Å²) < 4.78 is 9.40. The van der Waals surface area contributed by atoms with E-state index >= 15 is 0 Å². The van der Waals surface area contributed by atoms with Gasteiger partial charge in [0.15, 0.2) is 0 Å². The van der Waals surface area contributed by atoms with Crippen LogP contribution in [0.5, 0.6) is 5.88 Å². The summed E-state index contributed by atoms with van der Waals surface area (Å²) in [5, 5.41) is 12.8. The van der Waals surface area contributed by atoms with E-state index in [1.54, 1.807) is 30.2 Å². The Morgan fingerprint density at radius 2 is 2.38 bits per heavy atom. The van der Waals surface area contributed by atoms with Gasteiger partial charge in [0, 0.05) is 6.20 Å². The topological polar surface area (TPSA) is 92.0 Å². The number of aryl methyl sites for hydroxylation is 1. The molecule has 0 N–H and O–H groups in total. The fraction of sp³-hybridized carbons (Fsp3) is 0.308. The van der Waals surface area contributed by atoms with Gasteiger partial charge in [0.25, 0.3) is 5.91 Å². The van der Waals surface area contributed by atoms with E-state index in [0.717, 1.165) is 11.5 Å². The third kappa shape index (κ3) is 2.55. The van der Waals surface area contributed by atoms with Gasteiger partial charge in [0.05, 0.1) is 18.8 Å². The van der Waals surface area contributed by atoms with Gasteiger partial charge in [-0.25, -0.2) is 4.98 Å². The molecule has 1 saturated heterocycles. The van der Waals surface area contributed by atoms with Gasteiger partial charge in [-0.1, -0.05) is 4.49 Å². The Hall–Kier alpha value is -2.53. The Balaban J connectivity index is 1.60. The maximum atomic E-state index is 12.2. The molecule has 0 aliphatic carbocycles. The van der Waals surface area contributed by atoms with Crippen LogP contribution < -0.4 is 4.74 Å². The lowest BCUT2D eigenvalue weighted by atomic mass is 10.1. The lowest BCUT2D eigenvalue weighted by molar-refractivity contribution is 0.0162. The minimum Gasteiger partial charge on any atom is -0.470 e. The van der Waals surface area contributed by atoms with Crippen molar-refractivity contribution < 1.29 is 9.53 Å². The minimum absolute atomic E-state index is 0.0797. The molecule has 1 aliphatic rings. The summed E-state index contributed by atoms with van der Waals surface area (Å²) in [5.41, 5.74) is 1.04. The number of amides is 1. The number of hydrogen-bond acceptors (Lipinski definition) is 7. The molecule has 0 saturated carbocycles. The number of ether oxygens (including phenoxy) is 1. The number of carbonyl (C=O) groups is 1. The first kappa shape index (κ1) is 13.5. The van der Waals surface area contributed by atoms with Crippen molar-refractivity contribution in [2.75, 3.05) is 13.1 Å². The number of aromatic nitrogens is 3. The van der Waals surface area contributed by atoms with Crippen LogP contribution >= 0.6 is 11.5 Å². The van der Waals surface area contributed by atoms with E-state index in [-0.39, 0.29) is 12.0 Å². The molecule has 0 bridgehead atoms. The second kappa shape index (κ2) is 5.46. The maximum absolute atomic E-state index is 12.2. The Labute approximate surface area is 125 Å². The Bertz CT molecular complexity index is 717. The smallest absolute Gasteiger partial charge is 0.267 e. The van der Waals surface area contributed by atoms with Crippen molar-refractivity contribution in [1.29, 1.82) is 5.26 Å². The first-order chi connectivity index (χ1) is 10.2. The molecule has 8 heteroatoms. The van der Waals surface area contributed by atoms with Gasteiger partial charge in [-0.05, 0) is 30.6 Å². The third-order valence-corrected chi connectivity index (χ3v) is 3.97. The summed E-state index contributed by atoms with van der Waals surface area (Å²) in [4.78, 5) is 18.4. The summed E-state index contributed by atoms with van der Waals surface area (Å²) in [6.45, 7) is 2.70. The van der Waals surface area contributed by atoms with Crippen molar-refractivity contribution in [1.82, 2.24) is 19.5 Å². The molecule has 7 nitrogen and oxygen atoms in total. The van der Waals surface area contributed by atoms with E-state index in [2.05, 4.69) is 14.6 Å². The van der Waals surface area contributed by atoms with Crippen LogP contribution in [-0.2, 0) is 0 Å². The van der Waals surface area contributed by atoms with Crippen molar-refractivity contribution in [2.24, 2.45) is 0 Å². The highest BCUT2D eigenvalue weighted by atomic mass is 32.1. The summed E-state index contributed by atoms with van der Waals surface area (Å²) in [6, 6.07) is 5.36. The molecule has 3 rings (SSSR count). The summed E-state index contributed by atoms with van der Waals surface area (Å²) in [5.74, 6) is 0.233. The average molecular weight is 301 g/mol. The zero-order chi connectivity index (χ0) is 14.8. The fourth-order valence-corrected chi connectivity index (χ4v) is 2.60. The molecule has 1 fully saturated rings. The Kier molecular flexibility index (Phi) is 3.50. The quantitative estimate of drug-likeness (QED) is 0.840. The SMILES string of the molecule is Cc1nnsc1C(=O)N1CC(Oc2ncccc2C#N)C1. The van der Waals surface area contributed by atoms with Crippen molar-refractivity contribution >= 4 is 17.4 Å². The van der Waals surface area contributed by atoms with Crippen LogP contribution in [0, 0.1) is 18.3 Å². The molecule has 21 heavy (non-hydrogen) atoms. The maximum Gasteiger partial charge on any atom is 0.267 e. The summed E-state index contributed by atoms with van der Waals surface area (Å²) in [6.07, 6.45) is 1.43. The third-order valence-electron chi connectivity index (χ3n) is 3.15. The van der Waals surface area contributed by atoms with Gasteiger partial charge >= 0.3 is 0 Å². The molecule has 1 amide bonds. The second-order valence-electron chi connectivity index (χ2n) is 4.61. The van der Waals surface area contributed by atoms with Gasteiger partial charge < -0.3 is 9.64 Å². The van der Waals surface area contributed by atoms with Crippen LogP contribution in [0.4, 0.5) is 0 Å². The molecule has 0 atom stereocenters. The van der Waals surface area contributed by atoms with E-state index in [0.29, 0.717) is 35.1 Å². The Morgan fingerprint density at radius 1 is 1.57 bits per heavy atom. The molecule has 0 unspecified atom stereocenters. The number of pyridine rings is 1. The fourth-order valence-electron chi connectivity index (χ4n) is 1.98. The van der Waals surface area contributed by atoms with Gasteiger partial charge in [0.1, 0.15) is 22.6 Å². The average Bonchev–Trinajstić information content (AvgIpc) is 2.88. The zero-order valence-corrected chi connectivity index (χ0v) is 12.0. The highest BCUT2D eigenvalue weighted by molar-refractivity contribution is 7.07. The second-order valence-corrected chi connectivity index (χ2v) is 5.36. The molecular formula is C13H11N5O2S. The lowest BCUT2D eigenvalue weighted by Crippen LogP contribution is -2.56. The number of hydrogen-bond donors (Lipinski definition) is 0. The van der Waals surface area contributed by atoms with Crippen LogP contribution in [0.25, 0.3) is 0 Å². The zero-order valence-electron chi connectivity index (χ0n) is 11.2. The highest BCUT2D eigenvalue weighted by Crippen LogP contribution is 2.22. The predicted octanol–water partition coefficient (Wildman–Crippen LogP) is 1.02. The van der Waals surface area contributed by atoms with Gasteiger partial charge in [0.2, 0.25) is 5.88 Å². The van der Waals surface area contributed by atoms with Gasteiger partial charge in [-0.3, -0.25) is 4.79 Å². The van der Waals surface area contributed by atoms with E-state index in [9.17, 15) is 4.79 Å². The molecule has 1 aliphatic heterocycles. The number of carbonyl (C=O) groups excluding carboxylic acids is 1. The van der Waals surface area contributed by atoms with Crippen molar-refractivity contribution in [3.05, 3.63) is 34.5 Å². The molecule has 0 aromatic carbocycles. The van der Waals surface area contributed by atoms with E-state index < -0.39 is 0 Å². The Morgan fingerprint density at radius 3 is 3.05 bits per heavy atom. The normalized spacial score (nSPS) is 14.4. The number of rotatable bonds is 3. The molecule has 3 heterocycles. The van der Waals surface area contributed by atoms with Crippen LogP contribution in [0.3, 0.4) is 0 Å². The van der Waals surface area contributed by atoms with Crippen molar-refractivity contribution in [3.63, 3.8) is 0 Å². The number of likely N-dealkylation sites (tertiary alicyclic amines) is 1. The van der Waals surface area contributed by atoms with Crippen molar-refractivity contribution in [3.8, 4) is 11.9 Å². The van der Waals surface area contributed by atoms with Crippen molar-refractivity contribution in [2.45, 2.75) is 13.0 Å². The van der Waals surface area contributed by atoms with Gasteiger partial charge in [-0.2, -0.15) is 5.26 Å². The van der Waals surface area contributed by atoms with E-state index in [1.165, 1.54) is 0 Å². The first-order valence-corrected chi connectivity index (χ1v) is 7.06. The molecule has 2 aromatic rings. The molecular weight excluding hydrogens is 290 g/mol. The largest absolute Gasteiger partial charge is 0.470 e. The van der Waals surface area contributed by atoms with E-state index in [4.69, 9.17) is 10.00 Å². The number of nitrogens with zero attached hydrogens (tertiary/aromatic N) is 5. The summed E-state index contributed by atoms with van der Waals surface area (Å²) >= 11 is 1.10. The van der Waals surface area contributed by atoms with Crippen LogP contribution in [0.2, 0.25) is 0 Å². The minimum atomic E-state index is -0.142. The molecule has 0 radical (unpaired) electrons.